The van der Waals surface area contributed by atoms with E-state index < -0.39 is 11.9 Å². The summed E-state index contributed by atoms with van der Waals surface area (Å²) in [6, 6.07) is -0.609. The van der Waals surface area contributed by atoms with Crippen molar-refractivity contribution in [3.8, 4) is 0 Å². The molecule has 0 aliphatic heterocycles. The third kappa shape index (κ3) is 3.04. The Morgan fingerprint density at radius 3 is 2.47 bits per heavy atom. The number of anilines is 1. The van der Waals surface area contributed by atoms with E-state index in [4.69, 9.17) is 5.73 Å². The van der Waals surface area contributed by atoms with Crippen LogP contribution in [0, 0.1) is 0 Å². The van der Waals surface area contributed by atoms with Gasteiger partial charge in [-0.25, -0.2) is 0 Å². The van der Waals surface area contributed by atoms with E-state index in [1.807, 2.05) is 6.92 Å². The molecule has 7 heteroatoms. The van der Waals surface area contributed by atoms with Crippen LogP contribution in [0.2, 0.25) is 0 Å². The van der Waals surface area contributed by atoms with Crippen molar-refractivity contribution in [1.29, 1.82) is 0 Å². The lowest BCUT2D eigenvalue weighted by Crippen LogP contribution is -2.44. The second-order valence-electron chi connectivity index (χ2n) is 4.61. The minimum Gasteiger partial charge on any atom is -0.395 e. The summed E-state index contributed by atoms with van der Waals surface area (Å²) in [6.45, 7) is 3.55. The second kappa shape index (κ2) is 5.73. The van der Waals surface area contributed by atoms with Crippen molar-refractivity contribution in [2.75, 3.05) is 19.8 Å². The average Bonchev–Trinajstić information content (AvgIpc) is 2.62. The third-order valence-electron chi connectivity index (χ3n) is 2.87. The van der Waals surface area contributed by atoms with Gasteiger partial charge in [-0.2, -0.15) is 5.10 Å². The van der Waals surface area contributed by atoms with Crippen LogP contribution in [0.1, 0.15) is 30.0 Å². The van der Waals surface area contributed by atoms with Crippen LogP contribution in [0.25, 0.3) is 0 Å². The molecular formula is C12H21N5O2. The summed E-state index contributed by atoms with van der Waals surface area (Å²) in [4.78, 5) is 25.3. The molecule has 0 saturated heterocycles. The smallest absolute Gasteiger partial charge is 0.272 e. The first-order chi connectivity index (χ1) is 8.79. The van der Waals surface area contributed by atoms with Crippen LogP contribution < -0.4 is 11.1 Å². The molecule has 1 atom stereocenters. The van der Waals surface area contributed by atoms with Gasteiger partial charge in [0.1, 0.15) is 11.7 Å². The number of nitrogens with two attached hydrogens (primary N) is 1. The van der Waals surface area contributed by atoms with E-state index in [0.29, 0.717) is 17.8 Å². The van der Waals surface area contributed by atoms with Gasteiger partial charge in [0.2, 0.25) is 5.91 Å². The van der Waals surface area contributed by atoms with Crippen LogP contribution in [0.15, 0.2) is 0 Å². The van der Waals surface area contributed by atoms with E-state index in [2.05, 4.69) is 10.4 Å². The number of nitrogens with zero attached hydrogens (tertiary/aromatic N) is 3. The minimum atomic E-state index is -0.609. The maximum atomic E-state index is 12.1. The first-order valence-electron chi connectivity index (χ1n) is 6.12. The van der Waals surface area contributed by atoms with Gasteiger partial charge in [-0.15, -0.1) is 0 Å². The normalized spacial score (nSPS) is 12.1. The molecule has 1 aromatic heterocycles. The van der Waals surface area contributed by atoms with Crippen LogP contribution in [0.3, 0.4) is 0 Å². The molecule has 1 unspecified atom stereocenters. The molecule has 0 aromatic carbocycles. The third-order valence-corrected chi connectivity index (χ3v) is 2.87. The zero-order valence-corrected chi connectivity index (χ0v) is 12.0. The maximum absolute atomic E-state index is 12.1. The molecule has 0 radical (unpaired) electrons. The molecule has 0 saturated carbocycles. The minimum absolute atomic E-state index is 0.176. The molecule has 1 rings (SSSR count). The Morgan fingerprint density at radius 1 is 1.47 bits per heavy atom. The highest BCUT2D eigenvalue weighted by Gasteiger charge is 2.23. The fourth-order valence-electron chi connectivity index (χ4n) is 1.84. The topological polar surface area (TPSA) is 93.2 Å². The molecular weight excluding hydrogens is 246 g/mol. The molecule has 0 fully saturated rings. The molecule has 0 bridgehead atoms. The highest BCUT2D eigenvalue weighted by molar-refractivity contribution is 6.00. The van der Waals surface area contributed by atoms with Gasteiger partial charge in [-0.05, 0) is 13.3 Å². The number of rotatable bonds is 4. The fourth-order valence-corrected chi connectivity index (χ4v) is 1.84. The van der Waals surface area contributed by atoms with Gasteiger partial charge in [0.25, 0.3) is 5.91 Å². The summed E-state index contributed by atoms with van der Waals surface area (Å²) < 4.78 is 1.44. The quantitative estimate of drug-likeness (QED) is 0.788. The largest absolute Gasteiger partial charge is 0.395 e. The zero-order valence-electron chi connectivity index (χ0n) is 12.0. The van der Waals surface area contributed by atoms with Crippen LogP contribution in [-0.4, -0.2) is 46.6 Å². The van der Waals surface area contributed by atoms with Crippen LogP contribution in [0.5, 0.6) is 0 Å². The summed E-state index contributed by atoms with van der Waals surface area (Å²) in [5.41, 5.74) is 7.22. The number of carbonyl (C=O) groups is 2. The van der Waals surface area contributed by atoms with E-state index in [1.54, 1.807) is 28.1 Å². The number of nitrogen functional groups attached to an aromatic ring is 1. The van der Waals surface area contributed by atoms with E-state index in [-0.39, 0.29) is 11.6 Å². The molecule has 1 heterocycles. The Hall–Kier alpha value is -2.05. The molecule has 0 aliphatic carbocycles. The van der Waals surface area contributed by atoms with Crippen LogP contribution in [-0.2, 0) is 18.3 Å². The summed E-state index contributed by atoms with van der Waals surface area (Å²) in [7, 11) is 4.93. The molecule has 0 aliphatic rings. The van der Waals surface area contributed by atoms with Gasteiger partial charge in [-0.1, -0.05) is 6.92 Å². The summed E-state index contributed by atoms with van der Waals surface area (Å²) in [5.74, 6) is -0.570. The first kappa shape index (κ1) is 15.0. The number of hydrogen-bond donors (Lipinski definition) is 2. The summed E-state index contributed by atoms with van der Waals surface area (Å²) in [6.07, 6.45) is 0.652. The Kier molecular flexibility index (Phi) is 4.52. The number of nitrogens with one attached hydrogen (secondary N) is 1. The van der Waals surface area contributed by atoms with Crippen LogP contribution >= 0.6 is 0 Å². The monoisotopic (exact) mass is 267 g/mol. The number of aryl methyl sites for hydroxylation is 2. The van der Waals surface area contributed by atoms with E-state index in [1.165, 1.54) is 9.58 Å². The predicted octanol–water partition coefficient (Wildman–Crippen LogP) is -0.229. The highest BCUT2D eigenvalue weighted by atomic mass is 16.2. The Balaban J connectivity index is 2.90. The lowest BCUT2D eigenvalue weighted by atomic mass is 10.2. The van der Waals surface area contributed by atoms with Crippen molar-refractivity contribution < 1.29 is 9.59 Å². The Labute approximate surface area is 112 Å². The van der Waals surface area contributed by atoms with Crippen molar-refractivity contribution in [2.24, 2.45) is 7.05 Å². The number of carbonyl (C=O) groups excluding carboxylic acids is 2. The SMILES string of the molecule is CCc1nn(C)c(C(=O)NC(C)C(=O)N(C)C)c1N. The number of aromatic nitrogens is 2. The van der Waals surface area contributed by atoms with Gasteiger partial charge in [0, 0.05) is 21.1 Å². The number of amides is 2. The van der Waals surface area contributed by atoms with E-state index >= 15 is 0 Å². The van der Waals surface area contributed by atoms with Crippen molar-refractivity contribution in [1.82, 2.24) is 20.0 Å². The molecule has 3 N–H and O–H groups in total. The lowest BCUT2D eigenvalue weighted by Gasteiger charge is -2.18. The average molecular weight is 267 g/mol. The van der Waals surface area contributed by atoms with Gasteiger partial charge < -0.3 is 16.0 Å². The number of hydrogen-bond acceptors (Lipinski definition) is 4. The molecule has 7 nitrogen and oxygen atoms in total. The van der Waals surface area contributed by atoms with Crippen molar-refractivity contribution in [3.05, 3.63) is 11.4 Å². The highest BCUT2D eigenvalue weighted by Crippen LogP contribution is 2.16. The van der Waals surface area contributed by atoms with Crippen molar-refractivity contribution >= 4 is 17.5 Å². The fraction of sp³-hybridized carbons (Fsp3) is 0.583. The molecule has 19 heavy (non-hydrogen) atoms. The maximum Gasteiger partial charge on any atom is 0.272 e. The Morgan fingerprint density at radius 2 is 2.05 bits per heavy atom. The number of likely N-dealkylation sites (N-methyl/N-ethyl adjacent to an activating group) is 1. The van der Waals surface area contributed by atoms with E-state index in [0.717, 1.165) is 0 Å². The second-order valence-corrected chi connectivity index (χ2v) is 4.61. The molecule has 106 valence electrons. The first-order valence-corrected chi connectivity index (χ1v) is 6.12. The van der Waals surface area contributed by atoms with Gasteiger partial charge in [-0.3, -0.25) is 14.3 Å². The van der Waals surface area contributed by atoms with Crippen molar-refractivity contribution in [2.45, 2.75) is 26.3 Å². The van der Waals surface area contributed by atoms with E-state index in [9.17, 15) is 9.59 Å². The molecule has 1 aromatic rings. The summed E-state index contributed by atoms with van der Waals surface area (Å²) >= 11 is 0. The predicted molar refractivity (Wildman–Crippen MR) is 72.6 cm³/mol. The summed E-state index contributed by atoms with van der Waals surface area (Å²) in [5, 5.41) is 6.80. The van der Waals surface area contributed by atoms with Gasteiger partial charge in [0.05, 0.1) is 11.4 Å². The van der Waals surface area contributed by atoms with Crippen molar-refractivity contribution in [3.63, 3.8) is 0 Å². The standard InChI is InChI=1S/C12H21N5O2/c1-6-8-9(13)10(17(5)15-8)11(18)14-7(2)12(19)16(3)4/h7H,6,13H2,1-5H3,(H,14,18). The van der Waals surface area contributed by atoms with Crippen LogP contribution in [0.4, 0.5) is 5.69 Å². The molecule has 0 spiro atoms. The zero-order chi connectivity index (χ0) is 14.7. The molecule has 2 amide bonds. The Bertz CT molecular complexity index is 493. The lowest BCUT2D eigenvalue weighted by molar-refractivity contribution is -0.130. The van der Waals surface area contributed by atoms with Gasteiger partial charge in [0.15, 0.2) is 0 Å². The van der Waals surface area contributed by atoms with Gasteiger partial charge >= 0.3 is 0 Å².